The molecule has 0 saturated heterocycles. The Hall–Kier alpha value is -2.53. The van der Waals surface area contributed by atoms with E-state index in [4.69, 9.17) is 5.73 Å². The van der Waals surface area contributed by atoms with E-state index in [1.54, 1.807) is 7.05 Å². The van der Waals surface area contributed by atoms with E-state index in [9.17, 15) is 15.0 Å². The molecule has 1 amide bonds. The smallest absolute Gasteiger partial charge is 0.257 e. The fraction of sp³-hybridized carbons (Fsp3) is 0.188. The van der Waals surface area contributed by atoms with Crippen LogP contribution in [0, 0.1) is 0 Å². The van der Waals surface area contributed by atoms with Crippen molar-refractivity contribution in [2.75, 3.05) is 7.05 Å². The second-order valence-corrected chi connectivity index (χ2v) is 4.86. The van der Waals surface area contributed by atoms with Gasteiger partial charge in [-0.25, -0.2) is 0 Å². The summed E-state index contributed by atoms with van der Waals surface area (Å²) in [7, 11) is 1.64. The highest BCUT2D eigenvalue weighted by Gasteiger charge is 2.18. The van der Waals surface area contributed by atoms with Gasteiger partial charge < -0.3 is 20.8 Å². The van der Waals surface area contributed by atoms with Gasteiger partial charge in [0.1, 0.15) is 0 Å². The van der Waals surface area contributed by atoms with E-state index in [1.807, 2.05) is 24.3 Å². The molecule has 2 rings (SSSR count). The Morgan fingerprint density at radius 2 is 1.81 bits per heavy atom. The Morgan fingerprint density at radius 3 is 2.52 bits per heavy atom. The van der Waals surface area contributed by atoms with Crippen molar-refractivity contribution >= 4 is 5.91 Å². The standard InChI is InChI=1S/C16H18N2O3/c1-18(10-12-5-2-4-11(8-12)9-17)16(21)13-6-3-7-14(19)15(13)20/h2-8,19-20H,9-10,17H2,1H3. The third-order valence-electron chi connectivity index (χ3n) is 3.24. The van der Waals surface area contributed by atoms with E-state index >= 15 is 0 Å². The Morgan fingerprint density at radius 1 is 1.14 bits per heavy atom. The lowest BCUT2D eigenvalue weighted by Crippen LogP contribution is -2.26. The quantitative estimate of drug-likeness (QED) is 0.748. The van der Waals surface area contributed by atoms with Crippen LogP contribution in [0.4, 0.5) is 0 Å². The number of carbonyl (C=O) groups is 1. The van der Waals surface area contributed by atoms with Crippen LogP contribution in [0.2, 0.25) is 0 Å². The number of carbonyl (C=O) groups excluding carboxylic acids is 1. The summed E-state index contributed by atoms with van der Waals surface area (Å²) in [6.07, 6.45) is 0. The number of amides is 1. The zero-order chi connectivity index (χ0) is 15.4. The second-order valence-electron chi connectivity index (χ2n) is 4.86. The topological polar surface area (TPSA) is 86.8 Å². The highest BCUT2D eigenvalue weighted by molar-refractivity contribution is 5.97. The molecule has 0 aliphatic carbocycles. The largest absolute Gasteiger partial charge is 0.504 e. The highest BCUT2D eigenvalue weighted by atomic mass is 16.3. The molecule has 0 unspecified atom stereocenters. The lowest BCUT2D eigenvalue weighted by atomic mass is 10.1. The maximum absolute atomic E-state index is 12.3. The molecule has 0 fully saturated rings. The van der Waals surface area contributed by atoms with Gasteiger partial charge >= 0.3 is 0 Å². The van der Waals surface area contributed by atoms with E-state index in [0.717, 1.165) is 11.1 Å². The monoisotopic (exact) mass is 286 g/mol. The predicted molar refractivity (Wildman–Crippen MR) is 79.9 cm³/mol. The fourth-order valence-corrected chi connectivity index (χ4v) is 2.11. The maximum atomic E-state index is 12.3. The van der Waals surface area contributed by atoms with Gasteiger partial charge in [-0.15, -0.1) is 0 Å². The molecule has 0 heterocycles. The summed E-state index contributed by atoms with van der Waals surface area (Å²) < 4.78 is 0. The van der Waals surface area contributed by atoms with Crippen LogP contribution in [-0.4, -0.2) is 28.1 Å². The first-order valence-corrected chi connectivity index (χ1v) is 6.57. The minimum Gasteiger partial charge on any atom is -0.504 e. The third kappa shape index (κ3) is 3.32. The average Bonchev–Trinajstić information content (AvgIpc) is 2.49. The van der Waals surface area contributed by atoms with Gasteiger partial charge in [0.15, 0.2) is 11.5 Å². The first-order valence-electron chi connectivity index (χ1n) is 6.57. The molecule has 21 heavy (non-hydrogen) atoms. The Kier molecular flexibility index (Phi) is 4.45. The number of para-hydroxylation sites is 1. The zero-order valence-electron chi connectivity index (χ0n) is 11.8. The fourth-order valence-electron chi connectivity index (χ4n) is 2.11. The van der Waals surface area contributed by atoms with E-state index in [1.165, 1.54) is 23.1 Å². The van der Waals surface area contributed by atoms with Gasteiger partial charge in [-0.1, -0.05) is 30.3 Å². The summed E-state index contributed by atoms with van der Waals surface area (Å²) in [6.45, 7) is 0.834. The van der Waals surface area contributed by atoms with Crippen LogP contribution in [0.3, 0.4) is 0 Å². The van der Waals surface area contributed by atoms with Gasteiger partial charge in [-0.3, -0.25) is 4.79 Å². The molecule has 2 aromatic rings. The number of nitrogens with zero attached hydrogens (tertiary/aromatic N) is 1. The van der Waals surface area contributed by atoms with Gasteiger partial charge in [0, 0.05) is 20.1 Å². The van der Waals surface area contributed by atoms with Crippen molar-refractivity contribution in [2.45, 2.75) is 13.1 Å². The molecule has 0 aliphatic rings. The van der Waals surface area contributed by atoms with Crippen molar-refractivity contribution in [3.8, 4) is 11.5 Å². The molecule has 0 aromatic heterocycles. The van der Waals surface area contributed by atoms with Gasteiger partial charge in [-0.2, -0.15) is 0 Å². The Labute approximate surface area is 123 Å². The number of phenolic OH excluding ortho intramolecular Hbond substituents is 2. The molecule has 2 aromatic carbocycles. The predicted octanol–water partition coefficient (Wildman–Crippen LogP) is 1.83. The summed E-state index contributed by atoms with van der Waals surface area (Å²) in [5, 5.41) is 19.2. The SMILES string of the molecule is CN(Cc1cccc(CN)c1)C(=O)c1cccc(O)c1O. The number of rotatable bonds is 4. The van der Waals surface area contributed by atoms with Crippen molar-refractivity contribution in [1.82, 2.24) is 4.90 Å². The second kappa shape index (κ2) is 6.28. The van der Waals surface area contributed by atoms with Gasteiger partial charge in [-0.05, 0) is 23.3 Å². The van der Waals surface area contributed by atoms with Crippen LogP contribution >= 0.6 is 0 Å². The molecular weight excluding hydrogens is 268 g/mol. The molecule has 4 N–H and O–H groups in total. The van der Waals surface area contributed by atoms with Crippen molar-refractivity contribution in [2.24, 2.45) is 5.73 Å². The lowest BCUT2D eigenvalue weighted by Gasteiger charge is -2.18. The summed E-state index contributed by atoms with van der Waals surface area (Å²) in [4.78, 5) is 13.8. The van der Waals surface area contributed by atoms with Crippen molar-refractivity contribution in [3.63, 3.8) is 0 Å². The molecule has 0 saturated carbocycles. The minimum absolute atomic E-state index is 0.0764. The van der Waals surface area contributed by atoms with Crippen LogP contribution in [0.25, 0.3) is 0 Å². The first kappa shape index (κ1) is 14.9. The normalized spacial score (nSPS) is 10.4. The summed E-state index contributed by atoms with van der Waals surface area (Å²) in [5.74, 6) is -1.06. The summed E-state index contributed by atoms with van der Waals surface area (Å²) >= 11 is 0. The van der Waals surface area contributed by atoms with Crippen molar-refractivity contribution in [1.29, 1.82) is 0 Å². The molecule has 0 atom stereocenters. The van der Waals surface area contributed by atoms with Gasteiger partial charge in [0.05, 0.1) is 5.56 Å². The Balaban J connectivity index is 2.17. The third-order valence-corrected chi connectivity index (χ3v) is 3.24. The molecular formula is C16H18N2O3. The molecule has 0 aliphatic heterocycles. The Bertz CT molecular complexity index is 656. The number of hydrogen-bond acceptors (Lipinski definition) is 4. The number of benzene rings is 2. The van der Waals surface area contributed by atoms with Crippen LogP contribution in [0.5, 0.6) is 11.5 Å². The van der Waals surface area contributed by atoms with Gasteiger partial charge in [0.2, 0.25) is 0 Å². The molecule has 0 radical (unpaired) electrons. The minimum atomic E-state index is -0.398. The number of phenols is 2. The number of nitrogens with two attached hydrogens (primary N) is 1. The van der Waals surface area contributed by atoms with Crippen LogP contribution < -0.4 is 5.73 Å². The molecule has 5 heteroatoms. The summed E-state index contributed by atoms with van der Waals surface area (Å²) in [5.41, 5.74) is 7.62. The molecule has 110 valence electrons. The number of aromatic hydroxyl groups is 2. The maximum Gasteiger partial charge on any atom is 0.257 e. The first-order chi connectivity index (χ1) is 10.0. The van der Waals surface area contributed by atoms with E-state index in [2.05, 4.69) is 0 Å². The summed E-state index contributed by atoms with van der Waals surface area (Å²) in [6, 6.07) is 12.0. The van der Waals surface area contributed by atoms with Gasteiger partial charge in [0.25, 0.3) is 5.91 Å². The molecule has 0 bridgehead atoms. The van der Waals surface area contributed by atoms with E-state index in [-0.39, 0.29) is 17.2 Å². The van der Waals surface area contributed by atoms with Crippen LogP contribution in [0.1, 0.15) is 21.5 Å². The highest BCUT2D eigenvalue weighted by Crippen LogP contribution is 2.29. The molecule has 0 spiro atoms. The van der Waals surface area contributed by atoms with E-state index < -0.39 is 5.75 Å². The molecule has 5 nitrogen and oxygen atoms in total. The lowest BCUT2D eigenvalue weighted by molar-refractivity contribution is 0.0781. The van der Waals surface area contributed by atoms with Crippen molar-refractivity contribution in [3.05, 3.63) is 59.2 Å². The zero-order valence-corrected chi connectivity index (χ0v) is 11.8. The van der Waals surface area contributed by atoms with Crippen LogP contribution in [0.15, 0.2) is 42.5 Å². The van der Waals surface area contributed by atoms with Crippen LogP contribution in [-0.2, 0) is 13.1 Å². The van der Waals surface area contributed by atoms with E-state index in [0.29, 0.717) is 13.1 Å². The van der Waals surface area contributed by atoms with Crippen molar-refractivity contribution < 1.29 is 15.0 Å². The number of hydrogen-bond donors (Lipinski definition) is 3. The average molecular weight is 286 g/mol.